The van der Waals surface area contributed by atoms with E-state index in [2.05, 4.69) is 9.97 Å². The number of ether oxygens (including phenoxy) is 3. The highest BCUT2D eigenvalue weighted by molar-refractivity contribution is 6.09. The molecule has 7 heteroatoms. The molecular formula is C22H21N3O4. The number of rotatable bonds is 6. The molecule has 7 nitrogen and oxygen atoms in total. The lowest BCUT2D eigenvalue weighted by Crippen LogP contribution is -2.04. The van der Waals surface area contributed by atoms with Gasteiger partial charge in [-0.2, -0.15) is 0 Å². The van der Waals surface area contributed by atoms with Crippen LogP contribution in [0.15, 0.2) is 48.8 Å². The number of aromatic amines is 1. The Morgan fingerprint density at radius 1 is 1.03 bits per heavy atom. The van der Waals surface area contributed by atoms with Crippen molar-refractivity contribution in [2.45, 2.75) is 0 Å². The summed E-state index contributed by atoms with van der Waals surface area (Å²) in [5.74, 6) is 1.70. The number of H-pyrrole nitrogens is 1. The molecule has 2 heterocycles. The Morgan fingerprint density at radius 2 is 1.72 bits per heavy atom. The van der Waals surface area contributed by atoms with E-state index in [1.165, 1.54) is 21.3 Å². The highest BCUT2D eigenvalue weighted by Gasteiger charge is 2.20. The fourth-order valence-corrected chi connectivity index (χ4v) is 3.47. The number of fused-ring (bicyclic) bond motifs is 1. The highest BCUT2D eigenvalue weighted by Crippen LogP contribution is 2.38. The molecule has 4 aromatic rings. The number of carbonyl (C=O) groups is 1. The zero-order valence-corrected chi connectivity index (χ0v) is 16.6. The van der Waals surface area contributed by atoms with Crippen LogP contribution in [0.3, 0.4) is 0 Å². The number of benzene rings is 2. The van der Waals surface area contributed by atoms with Gasteiger partial charge in [-0.05, 0) is 18.2 Å². The summed E-state index contributed by atoms with van der Waals surface area (Å²) in [6.45, 7) is 0. The van der Waals surface area contributed by atoms with Crippen molar-refractivity contribution in [1.29, 1.82) is 0 Å². The number of para-hydroxylation sites is 1. The van der Waals surface area contributed by atoms with E-state index in [1.54, 1.807) is 18.3 Å². The summed E-state index contributed by atoms with van der Waals surface area (Å²) in [5, 5.41) is 1.07. The molecule has 0 amide bonds. The molecule has 29 heavy (non-hydrogen) atoms. The van der Waals surface area contributed by atoms with E-state index in [4.69, 9.17) is 14.2 Å². The van der Waals surface area contributed by atoms with Gasteiger partial charge in [0.15, 0.2) is 11.5 Å². The summed E-state index contributed by atoms with van der Waals surface area (Å²) < 4.78 is 18.0. The van der Waals surface area contributed by atoms with Crippen LogP contribution in [0.5, 0.6) is 17.2 Å². The molecule has 2 aromatic heterocycles. The second kappa shape index (κ2) is 7.35. The fourth-order valence-electron chi connectivity index (χ4n) is 3.47. The summed E-state index contributed by atoms with van der Waals surface area (Å²) in [6.07, 6.45) is 3.54. The molecular weight excluding hydrogens is 370 g/mol. The van der Waals surface area contributed by atoms with Gasteiger partial charge in [0, 0.05) is 35.3 Å². The smallest absolute Gasteiger partial charge is 0.211 e. The minimum absolute atomic E-state index is 0.219. The van der Waals surface area contributed by atoms with E-state index in [0.717, 1.165) is 16.5 Å². The number of imidazole rings is 1. The van der Waals surface area contributed by atoms with Gasteiger partial charge in [0.2, 0.25) is 11.5 Å². The zero-order chi connectivity index (χ0) is 20.5. The van der Waals surface area contributed by atoms with Crippen molar-refractivity contribution in [2.75, 3.05) is 21.3 Å². The first-order chi connectivity index (χ1) is 14.1. The Bertz CT molecular complexity index is 1180. The molecule has 0 saturated carbocycles. The summed E-state index contributed by atoms with van der Waals surface area (Å²) in [7, 11) is 6.53. The average Bonchev–Trinajstić information content (AvgIpc) is 3.37. The number of aromatic nitrogens is 3. The Balaban J connectivity index is 1.74. The van der Waals surface area contributed by atoms with Crippen molar-refractivity contribution in [1.82, 2.24) is 14.5 Å². The van der Waals surface area contributed by atoms with Crippen molar-refractivity contribution < 1.29 is 19.0 Å². The third-order valence-corrected chi connectivity index (χ3v) is 4.90. The van der Waals surface area contributed by atoms with E-state index in [-0.39, 0.29) is 5.78 Å². The Hall–Kier alpha value is -3.74. The Kier molecular flexibility index (Phi) is 4.72. The molecule has 0 unspecified atom stereocenters. The minimum Gasteiger partial charge on any atom is -0.493 e. The first kappa shape index (κ1) is 18.6. The van der Waals surface area contributed by atoms with Gasteiger partial charge in [0.05, 0.1) is 27.5 Å². The predicted molar refractivity (Wildman–Crippen MR) is 110 cm³/mol. The van der Waals surface area contributed by atoms with Gasteiger partial charge < -0.3 is 23.8 Å². The van der Waals surface area contributed by atoms with Crippen LogP contribution in [-0.2, 0) is 7.05 Å². The molecule has 0 aliphatic carbocycles. The lowest BCUT2D eigenvalue weighted by molar-refractivity contribution is 0.103. The van der Waals surface area contributed by atoms with Crippen LogP contribution in [0.4, 0.5) is 0 Å². The van der Waals surface area contributed by atoms with Crippen molar-refractivity contribution in [3.05, 3.63) is 60.0 Å². The number of carbonyl (C=O) groups excluding carboxylic acids is 1. The number of nitrogens with zero attached hydrogens (tertiary/aromatic N) is 2. The van der Waals surface area contributed by atoms with Crippen LogP contribution in [-0.4, -0.2) is 41.6 Å². The predicted octanol–water partition coefficient (Wildman–Crippen LogP) is 3.83. The SMILES string of the molecule is COc1cc(C(=O)c2cnc(-c3cn(C)c4ccccc34)[nH]2)cc(OC)c1OC. The summed E-state index contributed by atoms with van der Waals surface area (Å²) in [6, 6.07) is 11.3. The minimum atomic E-state index is -0.219. The van der Waals surface area contributed by atoms with Crippen LogP contribution >= 0.6 is 0 Å². The van der Waals surface area contributed by atoms with Crippen LogP contribution in [0.1, 0.15) is 16.1 Å². The maximum atomic E-state index is 13.1. The van der Waals surface area contributed by atoms with E-state index < -0.39 is 0 Å². The van der Waals surface area contributed by atoms with Crippen molar-refractivity contribution in [3.8, 4) is 28.6 Å². The Labute approximate surface area is 167 Å². The van der Waals surface area contributed by atoms with E-state index >= 15 is 0 Å². The summed E-state index contributed by atoms with van der Waals surface area (Å²) in [4.78, 5) is 20.7. The third kappa shape index (κ3) is 3.10. The monoisotopic (exact) mass is 391 g/mol. The molecule has 0 aliphatic heterocycles. The van der Waals surface area contributed by atoms with Gasteiger partial charge >= 0.3 is 0 Å². The maximum Gasteiger partial charge on any atom is 0.211 e. The quantitative estimate of drug-likeness (QED) is 0.506. The van der Waals surface area contributed by atoms with Gasteiger partial charge in [0.25, 0.3) is 0 Å². The molecule has 0 aliphatic rings. The molecule has 0 radical (unpaired) electrons. The highest BCUT2D eigenvalue weighted by atomic mass is 16.5. The van der Waals surface area contributed by atoms with Crippen molar-refractivity contribution in [2.24, 2.45) is 7.05 Å². The number of methoxy groups -OCH3 is 3. The van der Waals surface area contributed by atoms with Crippen LogP contribution in [0, 0.1) is 0 Å². The van der Waals surface area contributed by atoms with E-state index in [1.807, 2.05) is 42.1 Å². The fraction of sp³-hybridized carbons (Fsp3) is 0.182. The molecule has 148 valence electrons. The second-order valence-corrected chi connectivity index (χ2v) is 6.56. The lowest BCUT2D eigenvalue weighted by Gasteiger charge is -2.13. The topological polar surface area (TPSA) is 78.4 Å². The molecule has 0 fully saturated rings. The van der Waals surface area contributed by atoms with Gasteiger partial charge in [-0.1, -0.05) is 18.2 Å². The molecule has 0 spiro atoms. The van der Waals surface area contributed by atoms with E-state index in [9.17, 15) is 4.79 Å². The first-order valence-corrected chi connectivity index (χ1v) is 9.01. The second-order valence-electron chi connectivity index (χ2n) is 6.56. The molecule has 1 N–H and O–H groups in total. The average molecular weight is 391 g/mol. The number of hydrogen-bond donors (Lipinski definition) is 1. The standard InChI is InChI=1S/C22H21N3O4/c1-25-12-15(14-7-5-6-8-17(14)25)22-23-11-16(24-22)20(26)13-9-18(27-2)21(29-4)19(10-13)28-3/h5-12H,1-4H3,(H,23,24). The zero-order valence-electron chi connectivity index (χ0n) is 16.6. The first-order valence-electron chi connectivity index (χ1n) is 9.01. The van der Waals surface area contributed by atoms with Crippen molar-refractivity contribution in [3.63, 3.8) is 0 Å². The largest absolute Gasteiger partial charge is 0.493 e. The van der Waals surface area contributed by atoms with Gasteiger partial charge in [0.1, 0.15) is 11.5 Å². The molecule has 0 bridgehead atoms. The molecule has 0 atom stereocenters. The van der Waals surface area contributed by atoms with Crippen molar-refractivity contribution >= 4 is 16.7 Å². The molecule has 0 saturated heterocycles. The number of ketones is 1. The van der Waals surface area contributed by atoms with Crippen LogP contribution < -0.4 is 14.2 Å². The maximum absolute atomic E-state index is 13.1. The van der Waals surface area contributed by atoms with E-state index in [0.29, 0.717) is 34.3 Å². The van der Waals surface area contributed by atoms with Crippen LogP contribution in [0.25, 0.3) is 22.3 Å². The van der Waals surface area contributed by atoms with Gasteiger partial charge in [-0.15, -0.1) is 0 Å². The van der Waals surface area contributed by atoms with Crippen LogP contribution in [0.2, 0.25) is 0 Å². The summed E-state index contributed by atoms with van der Waals surface area (Å²) >= 11 is 0. The molecule has 4 rings (SSSR count). The lowest BCUT2D eigenvalue weighted by atomic mass is 10.1. The number of nitrogens with one attached hydrogen (secondary N) is 1. The normalized spacial score (nSPS) is 10.9. The Morgan fingerprint density at radius 3 is 2.38 bits per heavy atom. The molecule has 2 aromatic carbocycles. The number of hydrogen-bond acceptors (Lipinski definition) is 5. The van der Waals surface area contributed by atoms with Gasteiger partial charge in [-0.3, -0.25) is 4.79 Å². The number of aryl methyl sites for hydroxylation is 1. The summed E-state index contributed by atoms with van der Waals surface area (Å²) in [5.41, 5.74) is 2.82. The van der Waals surface area contributed by atoms with Gasteiger partial charge in [-0.25, -0.2) is 4.98 Å². The third-order valence-electron chi connectivity index (χ3n) is 4.90.